The fourth-order valence-electron chi connectivity index (χ4n) is 13.4. The summed E-state index contributed by atoms with van der Waals surface area (Å²) in [4.78, 5) is 63.3. The second-order valence-corrected chi connectivity index (χ2v) is 26.8. The Kier molecular flexibility index (Phi) is 36.5. The Morgan fingerprint density at radius 3 is 1.47 bits per heavy atom. The van der Waals surface area contributed by atoms with E-state index in [1.807, 2.05) is 0 Å². The van der Waals surface area contributed by atoms with Crippen molar-refractivity contribution in [1.29, 1.82) is 0 Å². The van der Waals surface area contributed by atoms with Crippen molar-refractivity contribution in [3.8, 4) is 0 Å². The van der Waals surface area contributed by atoms with E-state index in [9.17, 15) is 121 Å². The molecule has 4 amide bonds. The highest BCUT2D eigenvalue weighted by Gasteiger charge is 2.61. The molecule has 0 aliphatic carbocycles. The summed E-state index contributed by atoms with van der Waals surface area (Å²) >= 11 is 0. The highest BCUT2D eigenvalue weighted by molar-refractivity contribution is 5.75. The molecule has 0 saturated carbocycles. The van der Waals surface area contributed by atoms with E-state index in [4.69, 9.17) is 56.8 Å². The number of hydrogen-bond donors (Lipinski definition) is 22. The van der Waals surface area contributed by atoms with Crippen molar-refractivity contribution in [2.75, 3.05) is 46.2 Å². The molecule has 6 heterocycles. The van der Waals surface area contributed by atoms with Gasteiger partial charge in [0.25, 0.3) is 0 Å². The van der Waals surface area contributed by atoms with E-state index in [0.717, 1.165) is 52.9 Å². The van der Waals surface area contributed by atoms with E-state index in [-0.39, 0.29) is 6.41 Å². The first kappa shape index (κ1) is 88.8. The van der Waals surface area contributed by atoms with Crippen LogP contribution in [0.4, 0.5) is 0 Å². The van der Waals surface area contributed by atoms with Crippen molar-refractivity contribution < 1.29 is 178 Å². The molecule has 6 rings (SSSR count). The first-order valence-electron chi connectivity index (χ1n) is 35.1. The van der Waals surface area contributed by atoms with Gasteiger partial charge in [-0.2, -0.15) is 0 Å². The molecule has 0 unspecified atom stereocenters. The number of unbranched alkanes of at least 4 members (excludes halogenated alkanes) is 11. The van der Waals surface area contributed by atoms with Crippen molar-refractivity contribution in [3.63, 3.8) is 0 Å². The van der Waals surface area contributed by atoms with Gasteiger partial charge in [0.2, 0.25) is 29.9 Å². The number of allylic oxidation sites excluding steroid dienone is 1. The number of aliphatic hydroxyl groups is 18. The molecule has 22 N–H and O–H groups in total. The van der Waals surface area contributed by atoms with E-state index in [2.05, 4.69) is 28.2 Å². The van der Waals surface area contributed by atoms with Gasteiger partial charge < -0.3 is 180 Å². The maximum absolute atomic E-state index is 13.7. The smallest absolute Gasteiger partial charge is 0.217 e. The maximum Gasteiger partial charge on any atom is 0.217 e. The molecule has 33 atom stereocenters. The van der Waals surface area contributed by atoms with Gasteiger partial charge in [-0.1, -0.05) is 83.3 Å². The van der Waals surface area contributed by atoms with Crippen LogP contribution in [-0.2, 0) is 80.8 Å². The number of ether oxygens (including phenoxy) is 12. The van der Waals surface area contributed by atoms with Crippen LogP contribution in [0.1, 0.15) is 111 Å². The molecular weight excluding hydrogens is 1400 g/mol. The lowest BCUT2D eigenvalue weighted by Gasteiger charge is -2.54. The van der Waals surface area contributed by atoms with Gasteiger partial charge in [-0.15, -0.1) is 0 Å². The summed E-state index contributed by atoms with van der Waals surface area (Å²) < 4.78 is 71.2. The van der Waals surface area contributed by atoms with E-state index in [1.54, 1.807) is 6.08 Å². The van der Waals surface area contributed by atoms with Crippen LogP contribution in [0.2, 0.25) is 0 Å². The first-order valence-corrected chi connectivity index (χ1v) is 35.1. The molecule has 6 saturated heterocycles. The lowest BCUT2D eigenvalue weighted by molar-refractivity contribution is -0.421. The van der Waals surface area contributed by atoms with Crippen LogP contribution in [-0.4, -0.2) is 370 Å². The van der Waals surface area contributed by atoms with Gasteiger partial charge in [-0.3, -0.25) is 19.2 Å². The molecule has 0 aromatic rings. The molecule has 40 heteroatoms. The van der Waals surface area contributed by atoms with Crippen LogP contribution in [0.3, 0.4) is 0 Å². The van der Waals surface area contributed by atoms with Crippen molar-refractivity contribution in [3.05, 3.63) is 12.2 Å². The topological polar surface area (TPSA) is 631 Å². The minimum absolute atomic E-state index is 0.284. The van der Waals surface area contributed by atoms with E-state index < -0.39 is 278 Å². The molecule has 104 heavy (non-hydrogen) atoms. The highest BCUT2D eigenvalue weighted by Crippen LogP contribution is 2.41. The third kappa shape index (κ3) is 23.0. The maximum atomic E-state index is 13.7. The highest BCUT2D eigenvalue weighted by atomic mass is 16.8. The molecule has 6 fully saturated rings. The van der Waals surface area contributed by atoms with Crippen LogP contribution in [0.25, 0.3) is 0 Å². The lowest BCUT2D eigenvalue weighted by atomic mass is 9.88. The fourth-order valence-corrected chi connectivity index (χ4v) is 13.4. The summed E-state index contributed by atoms with van der Waals surface area (Å²) in [6.07, 6.45) is -43.5. The number of amides is 4. The molecule has 6 aliphatic rings. The molecule has 6 aliphatic heterocycles. The third-order valence-corrected chi connectivity index (χ3v) is 19.0. The number of carboxylic acids is 1. The SMILES string of the molecule is CCCCCCCCCCCCC/C=C/[C@@H](O)[C@H](CO[C@@H]1O[C@H](CO)[C@@H](O[C@@H]2O[C@H](CO)[C@H](O[C@@H]3O[C@H](CO)[C@H](O)[C@H](O[C@@H]4O[C@H](CO)[C@H](O[C@@H]5O[C@H](CO)[C@H](O)[C@H](O)[C@H]5NC(C)=O)[C@H](O)[C@H]4O)[C@H]3NC(C)=O)[C@H](O[C@]3(C(=O)[O-])C[C@H](O)[C@@H](NC(C)=O)[C@H]([C@H](O)[C@H](O)CO)O3)[C@H]2O)[C@H](O)[C@H]1O)NC=O. The Morgan fingerprint density at radius 1 is 0.510 bits per heavy atom. The van der Waals surface area contributed by atoms with Crippen LogP contribution < -0.4 is 26.4 Å². The summed E-state index contributed by atoms with van der Waals surface area (Å²) in [7, 11) is 0. The van der Waals surface area contributed by atoms with E-state index in [1.165, 1.54) is 44.6 Å². The number of carboxylic acid groups (broad SMARTS) is 1. The minimum Gasteiger partial charge on any atom is -0.544 e. The minimum atomic E-state index is -3.55. The Hall–Kier alpha value is -4.11. The zero-order chi connectivity index (χ0) is 76.9. The number of hydrogen-bond acceptors (Lipinski definition) is 36. The van der Waals surface area contributed by atoms with Gasteiger partial charge in [-0.25, -0.2) is 0 Å². The van der Waals surface area contributed by atoms with Crippen LogP contribution >= 0.6 is 0 Å². The standard InChI is InChI=1S/C64H110N4O36/c1-5-6-7-8-9-10-11-12-13-14-15-16-17-18-32(79)31(65-27-75)26-93-60-49(88)47(86)53(37(23-72)96-60)100-62-51(90)57(104-64(63(91)92)19-33(80)40(66-28(2)76)56(103-64)43(82)34(81)20-69)54(39(25-74)98-62)101-59-42(68-30(4)78)55(45(84)36(22-71)95-59)102-61-50(89)48(87)52(38(24-73)97-61)99-58-41(67-29(3)77)46(85)44(83)35(21-70)94-58/h17-18,27,31-62,69-74,79-90H,5-16,19-26H2,1-4H3,(H,65,75)(H,66,76)(H,67,77)(H,68,78)(H,91,92)/p-1/b18-17+/t31-,32+,33-,34+,35+,36+,37+,38+,39+,40+,41+,42+,43+,44-,45-,46+,47+,48+,49+,50+,51+,52-,53+,54-,55+,56+,57+,58-,59-,60+,61-,62-,64-/m0/s1. The zero-order valence-electron chi connectivity index (χ0n) is 58.2. The molecule has 0 aromatic carbocycles. The predicted octanol–water partition coefficient (Wildman–Crippen LogP) is -11.0. The monoisotopic (exact) mass is 1510 g/mol. The zero-order valence-corrected chi connectivity index (χ0v) is 58.2. The van der Waals surface area contributed by atoms with E-state index in [0.29, 0.717) is 6.42 Å². The predicted molar refractivity (Wildman–Crippen MR) is 341 cm³/mol. The quantitative estimate of drug-likeness (QED) is 0.0154. The Morgan fingerprint density at radius 2 is 0.952 bits per heavy atom. The number of aliphatic carboxylic acids is 1. The Bertz CT molecular complexity index is 2610. The molecular formula is C64H109N4O36-. The first-order chi connectivity index (χ1) is 49.5. The Balaban J connectivity index is 1.29. The Labute approximate surface area is 598 Å². The van der Waals surface area contributed by atoms with Crippen molar-refractivity contribution >= 4 is 30.1 Å². The van der Waals surface area contributed by atoms with Crippen molar-refractivity contribution in [1.82, 2.24) is 21.3 Å². The fraction of sp³-hybridized carbons (Fsp3) is 0.891. The van der Waals surface area contributed by atoms with Crippen molar-refractivity contribution in [2.45, 2.75) is 313 Å². The number of carbonyl (C=O) groups excluding carboxylic acids is 5. The van der Waals surface area contributed by atoms with Gasteiger partial charge in [0.05, 0.1) is 70.5 Å². The van der Waals surface area contributed by atoms with Crippen LogP contribution in [0.15, 0.2) is 12.2 Å². The number of rotatable bonds is 41. The summed E-state index contributed by atoms with van der Waals surface area (Å²) in [5.41, 5.74) is 0. The molecule has 0 spiro atoms. The average Bonchev–Trinajstić information content (AvgIpc) is 0.752. The van der Waals surface area contributed by atoms with Gasteiger partial charge in [0.15, 0.2) is 31.5 Å². The summed E-state index contributed by atoms with van der Waals surface area (Å²) in [5.74, 6) is -8.69. The van der Waals surface area contributed by atoms with Crippen LogP contribution in [0.5, 0.6) is 0 Å². The second kappa shape index (κ2) is 42.7. The normalized spacial score (nSPS) is 39.6. The molecule has 0 aromatic heterocycles. The number of aliphatic hydroxyl groups excluding tert-OH is 18. The molecule has 602 valence electrons. The summed E-state index contributed by atoms with van der Waals surface area (Å²) in [5, 5.41) is 223. The summed E-state index contributed by atoms with van der Waals surface area (Å²) in [6, 6.07) is -6.65. The van der Waals surface area contributed by atoms with E-state index >= 15 is 0 Å². The van der Waals surface area contributed by atoms with Crippen molar-refractivity contribution in [2.24, 2.45) is 0 Å². The van der Waals surface area contributed by atoms with Gasteiger partial charge in [-0.05, 0) is 12.8 Å². The summed E-state index contributed by atoms with van der Waals surface area (Å²) in [6.45, 7) is -2.37. The third-order valence-electron chi connectivity index (χ3n) is 19.0. The average molecular weight is 1510 g/mol. The van der Waals surface area contributed by atoms with Gasteiger partial charge in [0.1, 0.15) is 146 Å². The molecule has 0 radical (unpaired) electrons. The molecule has 0 bridgehead atoms. The number of nitrogens with one attached hydrogen (secondary N) is 4. The van der Waals surface area contributed by atoms with Gasteiger partial charge >= 0.3 is 0 Å². The van der Waals surface area contributed by atoms with Crippen LogP contribution in [0, 0.1) is 0 Å². The largest absolute Gasteiger partial charge is 0.544 e. The lowest BCUT2D eigenvalue weighted by Crippen LogP contribution is -2.73. The second-order valence-electron chi connectivity index (χ2n) is 26.8. The van der Waals surface area contributed by atoms with Gasteiger partial charge in [0, 0.05) is 27.2 Å². The molecule has 40 nitrogen and oxygen atoms in total. The number of carbonyl (C=O) groups is 5.